The van der Waals surface area contributed by atoms with Gasteiger partial charge in [-0.1, -0.05) is 6.08 Å². The minimum Gasteiger partial charge on any atom is -0.403 e. The van der Waals surface area contributed by atoms with Crippen LogP contribution in [0.5, 0.6) is 5.75 Å². The number of rotatable bonds is 5. The van der Waals surface area contributed by atoms with Gasteiger partial charge in [0, 0.05) is 5.56 Å². The maximum absolute atomic E-state index is 14.5. The summed E-state index contributed by atoms with van der Waals surface area (Å²) in [5.41, 5.74) is 1.37. The van der Waals surface area contributed by atoms with Crippen LogP contribution in [0.2, 0.25) is 0 Å². The fourth-order valence-corrected chi connectivity index (χ4v) is 3.65. The zero-order valence-corrected chi connectivity index (χ0v) is 14.9. The number of fused-ring (bicyclic) bond motifs is 1. The summed E-state index contributed by atoms with van der Waals surface area (Å²) in [6.45, 7) is 3.58. The monoisotopic (exact) mass is 400 g/mol. The summed E-state index contributed by atoms with van der Waals surface area (Å²) >= 11 is 0. The molecule has 1 nitrogen and oxygen atoms in total. The number of aryl methyl sites for hydroxylation is 2. The van der Waals surface area contributed by atoms with Crippen molar-refractivity contribution < 1.29 is 31.1 Å². The molecule has 150 valence electrons. The zero-order valence-electron chi connectivity index (χ0n) is 14.9. The number of alkyl halides is 3. The van der Waals surface area contributed by atoms with Gasteiger partial charge in [0.15, 0.2) is 11.6 Å². The van der Waals surface area contributed by atoms with Crippen LogP contribution in [0.15, 0.2) is 36.9 Å². The normalized spacial score (nSPS) is 16.6. The van der Waals surface area contributed by atoms with Crippen molar-refractivity contribution >= 4 is 0 Å². The Morgan fingerprint density at radius 3 is 2.29 bits per heavy atom. The molecule has 0 N–H and O–H groups in total. The molecule has 0 heterocycles. The van der Waals surface area contributed by atoms with E-state index in [1.807, 2.05) is 0 Å². The number of ether oxygens (including phenoxy) is 1. The Labute approximate surface area is 158 Å². The van der Waals surface area contributed by atoms with E-state index in [2.05, 4.69) is 11.3 Å². The maximum Gasteiger partial charge on any atom is 0.573 e. The van der Waals surface area contributed by atoms with E-state index in [1.54, 1.807) is 6.08 Å². The Morgan fingerprint density at radius 2 is 1.68 bits per heavy atom. The lowest BCUT2D eigenvalue weighted by molar-refractivity contribution is -0.275. The zero-order chi connectivity index (χ0) is 20.5. The lowest BCUT2D eigenvalue weighted by Gasteiger charge is -2.26. The van der Waals surface area contributed by atoms with Gasteiger partial charge in [-0.05, 0) is 79.0 Å². The first-order chi connectivity index (χ1) is 13.2. The Bertz CT molecular complexity index is 864. The minimum atomic E-state index is -4.99. The van der Waals surface area contributed by atoms with Crippen molar-refractivity contribution in [1.82, 2.24) is 0 Å². The molecule has 0 radical (unpaired) electrons. The van der Waals surface area contributed by atoms with E-state index in [4.69, 9.17) is 0 Å². The SMILES string of the molecule is C=CCCc1cc(F)c(C2CCc3cc(OC(F)(F)F)c(F)cc3C2)c(F)c1. The Hall–Kier alpha value is -2.44. The summed E-state index contributed by atoms with van der Waals surface area (Å²) in [4.78, 5) is 0. The van der Waals surface area contributed by atoms with E-state index < -0.39 is 35.5 Å². The summed E-state index contributed by atoms with van der Waals surface area (Å²) in [7, 11) is 0. The van der Waals surface area contributed by atoms with Gasteiger partial charge in [0.25, 0.3) is 0 Å². The standard InChI is InChI=1S/C21H18F6O/c1-2-3-4-12-7-17(23)20(18(24)8-12)14-6-5-13-11-19(28-21(25,26)27)16(22)10-15(13)9-14/h2,7-8,10-11,14H,1,3-6,9H2. The molecule has 7 heteroatoms. The van der Waals surface area contributed by atoms with E-state index in [9.17, 15) is 26.3 Å². The van der Waals surface area contributed by atoms with Crippen molar-refractivity contribution in [1.29, 1.82) is 0 Å². The molecule has 2 aromatic carbocycles. The van der Waals surface area contributed by atoms with Crippen LogP contribution < -0.4 is 4.74 Å². The summed E-state index contributed by atoms with van der Waals surface area (Å²) in [6, 6.07) is 4.55. The highest BCUT2D eigenvalue weighted by atomic mass is 19.4. The highest BCUT2D eigenvalue weighted by Crippen LogP contribution is 2.38. The molecule has 1 unspecified atom stereocenters. The van der Waals surface area contributed by atoms with Gasteiger partial charge in [0.2, 0.25) is 0 Å². The molecular formula is C21H18F6O. The number of allylic oxidation sites excluding steroid dienone is 1. The molecule has 3 rings (SSSR count). The fourth-order valence-electron chi connectivity index (χ4n) is 3.65. The molecule has 0 saturated carbocycles. The van der Waals surface area contributed by atoms with E-state index in [1.165, 1.54) is 12.1 Å². The minimum absolute atomic E-state index is 0.0657. The van der Waals surface area contributed by atoms with Crippen molar-refractivity contribution in [2.24, 2.45) is 0 Å². The molecule has 0 bridgehead atoms. The second-order valence-electron chi connectivity index (χ2n) is 6.84. The third kappa shape index (κ3) is 4.51. The predicted octanol–water partition coefficient (Wildman–Crippen LogP) is 6.39. The van der Waals surface area contributed by atoms with Crippen LogP contribution in [0, 0.1) is 17.5 Å². The van der Waals surface area contributed by atoms with E-state index in [0.717, 1.165) is 12.1 Å². The first kappa shape index (κ1) is 20.3. The highest BCUT2D eigenvalue weighted by molar-refractivity contribution is 5.41. The summed E-state index contributed by atoms with van der Waals surface area (Å²) in [5, 5.41) is 0. The lowest BCUT2D eigenvalue weighted by atomic mass is 9.79. The average Bonchev–Trinajstić information content (AvgIpc) is 2.59. The third-order valence-electron chi connectivity index (χ3n) is 4.89. The lowest BCUT2D eigenvalue weighted by Crippen LogP contribution is -2.20. The second kappa shape index (κ2) is 7.89. The topological polar surface area (TPSA) is 9.23 Å². The molecule has 0 aliphatic heterocycles. The van der Waals surface area contributed by atoms with Gasteiger partial charge in [0.1, 0.15) is 11.6 Å². The van der Waals surface area contributed by atoms with Gasteiger partial charge in [-0.2, -0.15) is 0 Å². The molecule has 1 aliphatic carbocycles. The van der Waals surface area contributed by atoms with Crippen molar-refractivity contribution in [3.05, 3.63) is 76.6 Å². The van der Waals surface area contributed by atoms with Crippen LogP contribution in [0.25, 0.3) is 0 Å². The molecule has 1 aliphatic rings. The fraction of sp³-hybridized carbons (Fsp3) is 0.333. The van der Waals surface area contributed by atoms with Crippen molar-refractivity contribution in [3.8, 4) is 5.75 Å². The molecule has 0 fully saturated rings. The average molecular weight is 400 g/mol. The van der Waals surface area contributed by atoms with Crippen molar-refractivity contribution in [2.75, 3.05) is 0 Å². The van der Waals surface area contributed by atoms with Crippen molar-refractivity contribution in [3.63, 3.8) is 0 Å². The van der Waals surface area contributed by atoms with Crippen LogP contribution in [-0.4, -0.2) is 6.36 Å². The molecule has 0 aromatic heterocycles. The van der Waals surface area contributed by atoms with Crippen LogP contribution >= 0.6 is 0 Å². The van der Waals surface area contributed by atoms with Gasteiger partial charge >= 0.3 is 6.36 Å². The molecule has 0 saturated heterocycles. The van der Waals surface area contributed by atoms with E-state index in [0.29, 0.717) is 36.0 Å². The van der Waals surface area contributed by atoms with Crippen molar-refractivity contribution in [2.45, 2.75) is 44.4 Å². The first-order valence-electron chi connectivity index (χ1n) is 8.83. The number of benzene rings is 2. The van der Waals surface area contributed by atoms with Crippen LogP contribution in [0.4, 0.5) is 26.3 Å². The Morgan fingerprint density at radius 1 is 1.00 bits per heavy atom. The number of hydrogen-bond donors (Lipinski definition) is 0. The summed E-state index contributed by atoms with van der Waals surface area (Å²) in [6.07, 6.45) is -1.53. The Balaban J connectivity index is 1.86. The Kier molecular flexibility index (Phi) is 5.72. The van der Waals surface area contributed by atoms with Gasteiger partial charge in [-0.3, -0.25) is 0 Å². The molecule has 0 amide bonds. The number of halogens is 6. The molecule has 28 heavy (non-hydrogen) atoms. The van der Waals surface area contributed by atoms with Crippen LogP contribution in [0.1, 0.15) is 41.0 Å². The molecule has 1 atom stereocenters. The molecule has 0 spiro atoms. The number of hydrogen-bond acceptors (Lipinski definition) is 1. The highest BCUT2D eigenvalue weighted by Gasteiger charge is 2.34. The van der Waals surface area contributed by atoms with E-state index in [-0.39, 0.29) is 18.4 Å². The smallest absolute Gasteiger partial charge is 0.403 e. The van der Waals surface area contributed by atoms with Gasteiger partial charge in [-0.25, -0.2) is 13.2 Å². The molecular weight excluding hydrogens is 382 g/mol. The quantitative estimate of drug-likeness (QED) is 0.417. The van der Waals surface area contributed by atoms with E-state index >= 15 is 0 Å². The molecule has 2 aromatic rings. The predicted molar refractivity (Wildman–Crippen MR) is 92.7 cm³/mol. The van der Waals surface area contributed by atoms with Gasteiger partial charge in [-0.15, -0.1) is 19.8 Å². The van der Waals surface area contributed by atoms with Crippen LogP contribution in [0.3, 0.4) is 0 Å². The second-order valence-corrected chi connectivity index (χ2v) is 6.84. The summed E-state index contributed by atoms with van der Waals surface area (Å²) in [5.74, 6) is -3.89. The first-order valence-corrected chi connectivity index (χ1v) is 8.83. The third-order valence-corrected chi connectivity index (χ3v) is 4.89. The van der Waals surface area contributed by atoms with Crippen LogP contribution in [-0.2, 0) is 19.3 Å². The largest absolute Gasteiger partial charge is 0.573 e. The maximum atomic E-state index is 14.5. The van der Waals surface area contributed by atoms with Gasteiger partial charge in [0.05, 0.1) is 0 Å². The summed E-state index contributed by atoms with van der Waals surface area (Å²) < 4.78 is 83.8. The van der Waals surface area contributed by atoms with Gasteiger partial charge < -0.3 is 4.74 Å².